The topological polar surface area (TPSA) is 0 Å². The molecular weight excluding hydrogens is 295 g/mol. The predicted molar refractivity (Wildman–Crippen MR) is 98.4 cm³/mol. The molecule has 2 unspecified atom stereocenters. The fraction of sp³-hybridized carbons (Fsp3) is 0.304. The van der Waals surface area contributed by atoms with Crippen molar-refractivity contribution in [3.8, 4) is 0 Å². The van der Waals surface area contributed by atoms with Crippen molar-refractivity contribution in [1.82, 2.24) is 0 Å². The van der Waals surface area contributed by atoms with E-state index in [0.29, 0.717) is 11.8 Å². The zero-order chi connectivity index (χ0) is 16.5. The Morgan fingerprint density at radius 3 is 2.58 bits per heavy atom. The number of fused-ring (bicyclic) bond motifs is 3. The van der Waals surface area contributed by atoms with Gasteiger partial charge in [0.05, 0.1) is 0 Å². The Morgan fingerprint density at radius 1 is 1.00 bits per heavy atom. The van der Waals surface area contributed by atoms with Gasteiger partial charge in [-0.2, -0.15) is 0 Å². The summed E-state index contributed by atoms with van der Waals surface area (Å²) >= 11 is 0. The third-order valence-electron chi connectivity index (χ3n) is 5.48. The Morgan fingerprint density at radius 2 is 1.79 bits per heavy atom. The van der Waals surface area contributed by atoms with E-state index in [1.165, 1.54) is 40.7 Å². The van der Waals surface area contributed by atoms with Crippen LogP contribution in [0.15, 0.2) is 66.3 Å². The second-order valence-electron chi connectivity index (χ2n) is 6.95. The van der Waals surface area contributed by atoms with Gasteiger partial charge in [0, 0.05) is 5.92 Å². The average Bonchev–Trinajstić information content (AvgIpc) is 2.62. The van der Waals surface area contributed by atoms with Gasteiger partial charge in [0.15, 0.2) is 0 Å². The highest BCUT2D eigenvalue weighted by Crippen LogP contribution is 2.49. The minimum Gasteiger partial charge on any atom is -0.207 e. The lowest BCUT2D eigenvalue weighted by molar-refractivity contribution is 0.424. The molecule has 2 aromatic rings. The first-order chi connectivity index (χ1) is 11.8. The number of benzene rings is 2. The predicted octanol–water partition coefficient (Wildman–Crippen LogP) is 6.30. The molecule has 0 fully saturated rings. The van der Waals surface area contributed by atoms with Crippen LogP contribution < -0.4 is 0 Å². The lowest BCUT2D eigenvalue weighted by atomic mass is 9.67. The molecule has 24 heavy (non-hydrogen) atoms. The summed E-state index contributed by atoms with van der Waals surface area (Å²) in [5, 5.41) is 0. The number of hydrogen-bond donors (Lipinski definition) is 0. The van der Waals surface area contributed by atoms with E-state index in [-0.39, 0.29) is 5.82 Å². The fourth-order valence-corrected chi connectivity index (χ4v) is 4.41. The molecule has 2 aliphatic carbocycles. The highest BCUT2D eigenvalue weighted by Gasteiger charge is 2.33. The Kier molecular flexibility index (Phi) is 4.10. The lowest BCUT2D eigenvalue weighted by Gasteiger charge is -2.37. The van der Waals surface area contributed by atoms with E-state index in [9.17, 15) is 4.39 Å². The van der Waals surface area contributed by atoms with E-state index in [1.807, 2.05) is 12.1 Å². The minimum absolute atomic E-state index is 0.152. The Bertz CT molecular complexity index is 795. The molecule has 2 aliphatic rings. The van der Waals surface area contributed by atoms with Gasteiger partial charge in [0.1, 0.15) is 5.82 Å². The first-order valence-electron chi connectivity index (χ1n) is 9.02. The van der Waals surface area contributed by atoms with Gasteiger partial charge in [-0.05, 0) is 65.1 Å². The van der Waals surface area contributed by atoms with Crippen molar-refractivity contribution in [2.45, 2.75) is 38.5 Å². The molecule has 0 radical (unpaired) electrons. The molecular formula is C23H23F. The molecule has 2 aromatic carbocycles. The van der Waals surface area contributed by atoms with Crippen LogP contribution in [0.2, 0.25) is 0 Å². The van der Waals surface area contributed by atoms with Crippen LogP contribution in [-0.2, 0) is 6.42 Å². The standard InChI is InChI=1S/C23H23F/c1-2-5-17-11-14-21-20-7-4-3-6-16(20)10-15-22(21)23(17)18-8-12-19(24)13-9-18/h3-4,6-9,12-15,17,23H,2,5,10-11H2,1H3. The maximum absolute atomic E-state index is 13.4. The Hall–Kier alpha value is -2.15. The van der Waals surface area contributed by atoms with Crippen LogP contribution in [0, 0.1) is 11.7 Å². The molecule has 1 heteroatoms. The van der Waals surface area contributed by atoms with Crippen LogP contribution in [0.25, 0.3) is 5.57 Å². The quantitative estimate of drug-likeness (QED) is 0.623. The molecule has 0 saturated heterocycles. The lowest BCUT2D eigenvalue weighted by Crippen LogP contribution is -2.22. The monoisotopic (exact) mass is 318 g/mol. The van der Waals surface area contributed by atoms with Crippen molar-refractivity contribution in [2.75, 3.05) is 0 Å². The summed E-state index contributed by atoms with van der Waals surface area (Å²) in [5.41, 5.74) is 6.91. The van der Waals surface area contributed by atoms with Crippen LogP contribution in [0.5, 0.6) is 0 Å². The van der Waals surface area contributed by atoms with Gasteiger partial charge in [0.25, 0.3) is 0 Å². The molecule has 4 rings (SSSR count). The van der Waals surface area contributed by atoms with Crippen molar-refractivity contribution in [1.29, 1.82) is 0 Å². The largest absolute Gasteiger partial charge is 0.207 e. The highest BCUT2D eigenvalue weighted by atomic mass is 19.1. The van der Waals surface area contributed by atoms with E-state index in [1.54, 1.807) is 12.1 Å². The summed E-state index contributed by atoms with van der Waals surface area (Å²) < 4.78 is 13.4. The molecule has 0 bridgehead atoms. The number of rotatable bonds is 3. The zero-order valence-electron chi connectivity index (χ0n) is 14.1. The van der Waals surface area contributed by atoms with Gasteiger partial charge in [-0.15, -0.1) is 0 Å². The van der Waals surface area contributed by atoms with Crippen LogP contribution >= 0.6 is 0 Å². The summed E-state index contributed by atoms with van der Waals surface area (Å²) in [5.74, 6) is 0.847. The summed E-state index contributed by atoms with van der Waals surface area (Å²) in [7, 11) is 0. The summed E-state index contributed by atoms with van der Waals surface area (Å²) in [4.78, 5) is 0. The second kappa shape index (κ2) is 6.39. The Balaban J connectivity index is 1.80. The maximum Gasteiger partial charge on any atom is 0.123 e. The summed E-state index contributed by atoms with van der Waals surface area (Å²) in [6, 6.07) is 15.9. The third kappa shape index (κ3) is 2.62. The first kappa shape index (κ1) is 15.4. The zero-order valence-corrected chi connectivity index (χ0v) is 14.1. The van der Waals surface area contributed by atoms with E-state index in [0.717, 1.165) is 12.8 Å². The van der Waals surface area contributed by atoms with Crippen molar-refractivity contribution < 1.29 is 4.39 Å². The SMILES string of the molecule is CCCC1CC=C2C(=CCc3ccccc32)C1c1ccc(F)cc1. The number of halogens is 1. The van der Waals surface area contributed by atoms with Crippen LogP contribution in [-0.4, -0.2) is 0 Å². The van der Waals surface area contributed by atoms with Crippen molar-refractivity contribution in [3.63, 3.8) is 0 Å². The van der Waals surface area contributed by atoms with Crippen molar-refractivity contribution in [3.05, 3.63) is 88.8 Å². The normalized spacial score (nSPS) is 22.2. The highest BCUT2D eigenvalue weighted by molar-refractivity contribution is 5.85. The molecule has 0 aliphatic heterocycles. The molecule has 0 heterocycles. The third-order valence-corrected chi connectivity index (χ3v) is 5.48. The summed E-state index contributed by atoms with van der Waals surface area (Å²) in [6.07, 6.45) is 9.35. The van der Waals surface area contributed by atoms with Crippen molar-refractivity contribution in [2.24, 2.45) is 5.92 Å². The van der Waals surface area contributed by atoms with E-state index >= 15 is 0 Å². The molecule has 0 N–H and O–H groups in total. The molecule has 0 spiro atoms. The van der Waals surface area contributed by atoms with Gasteiger partial charge in [-0.3, -0.25) is 0 Å². The van der Waals surface area contributed by atoms with Gasteiger partial charge < -0.3 is 0 Å². The minimum atomic E-state index is -0.152. The molecule has 2 atom stereocenters. The first-order valence-corrected chi connectivity index (χ1v) is 9.02. The number of allylic oxidation sites excluding steroid dienone is 4. The van der Waals surface area contributed by atoms with E-state index < -0.39 is 0 Å². The van der Waals surface area contributed by atoms with Crippen LogP contribution in [0.4, 0.5) is 4.39 Å². The molecule has 0 aromatic heterocycles. The Labute approximate surface area is 143 Å². The van der Waals surface area contributed by atoms with Crippen LogP contribution in [0.3, 0.4) is 0 Å². The van der Waals surface area contributed by atoms with E-state index in [4.69, 9.17) is 0 Å². The average molecular weight is 318 g/mol. The molecule has 0 amide bonds. The van der Waals surface area contributed by atoms with E-state index in [2.05, 4.69) is 43.3 Å². The maximum atomic E-state index is 13.4. The van der Waals surface area contributed by atoms with Gasteiger partial charge >= 0.3 is 0 Å². The van der Waals surface area contributed by atoms with Crippen LogP contribution in [0.1, 0.15) is 48.8 Å². The van der Waals surface area contributed by atoms with Gasteiger partial charge in [0.2, 0.25) is 0 Å². The molecule has 122 valence electrons. The fourth-order valence-electron chi connectivity index (χ4n) is 4.41. The van der Waals surface area contributed by atoms with Gasteiger partial charge in [-0.1, -0.05) is 61.9 Å². The second-order valence-corrected chi connectivity index (χ2v) is 6.95. The number of hydrogen-bond acceptors (Lipinski definition) is 0. The van der Waals surface area contributed by atoms with Gasteiger partial charge in [-0.25, -0.2) is 4.39 Å². The molecule has 0 nitrogen and oxygen atoms in total. The van der Waals surface area contributed by atoms with Crippen molar-refractivity contribution >= 4 is 5.57 Å². The molecule has 0 saturated carbocycles. The smallest absolute Gasteiger partial charge is 0.123 e. The summed E-state index contributed by atoms with van der Waals surface area (Å²) in [6.45, 7) is 2.26.